The molecule has 1 N–H and O–H groups in total. The van der Waals surface area contributed by atoms with Gasteiger partial charge in [0.25, 0.3) is 10.0 Å². The van der Waals surface area contributed by atoms with Crippen LogP contribution < -0.4 is 9.62 Å². The average molecular weight is 449 g/mol. The van der Waals surface area contributed by atoms with Crippen molar-refractivity contribution in [2.45, 2.75) is 43.5 Å². The zero-order chi connectivity index (χ0) is 22.6. The van der Waals surface area contributed by atoms with Gasteiger partial charge in [-0.2, -0.15) is 0 Å². The van der Waals surface area contributed by atoms with E-state index < -0.39 is 10.0 Å². The molecular formula is C26H28N2O3S. The standard InChI is InChI=1S/C26H28N2O3S/c1-2-20-15-17-22(18-16-20)28(32(30,31)23-11-4-3-5-12-23)19-26(29)27-25-14-8-10-21-9-6-7-13-24(21)25/h3-7,9,11-13,15-18,25H,2,8,10,14,19H2,1H3,(H,27,29)/t25-/m0/s1. The SMILES string of the molecule is CCc1ccc(N(CC(=O)N[C@H]2CCCc3ccccc32)S(=O)(=O)c2ccccc2)cc1. The molecular weight excluding hydrogens is 420 g/mol. The summed E-state index contributed by atoms with van der Waals surface area (Å²) in [4.78, 5) is 13.3. The monoisotopic (exact) mass is 448 g/mol. The van der Waals surface area contributed by atoms with Crippen LogP contribution in [0.5, 0.6) is 0 Å². The predicted octanol–water partition coefficient (Wildman–Crippen LogP) is 4.64. The van der Waals surface area contributed by atoms with Crippen LogP contribution in [0.2, 0.25) is 0 Å². The first-order valence-electron chi connectivity index (χ1n) is 11.0. The van der Waals surface area contributed by atoms with E-state index in [4.69, 9.17) is 0 Å². The maximum atomic E-state index is 13.5. The molecule has 1 atom stereocenters. The Balaban J connectivity index is 1.61. The minimum Gasteiger partial charge on any atom is -0.348 e. The van der Waals surface area contributed by atoms with Crippen molar-refractivity contribution in [1.82, 2.24) is 5.32 Å². The smallest absolute Gasteiger partial charge is 0.264 e. The maximum Gasteiger partial charge on any atom is 0.264 e. The minimum atomic E-state index is -3.90. The number of nitrogens with zero attached hydrogens (tertiary/aromatic N) is 1. The van der Waals surface area contributed by atoms with Gasteiger partial charge in [0.05, 0.1) is 16.6 Å². The van der Waals surface area contributed by atoms with Gasteiger partial charge in [-0.1, -0.05) is 61.5 Å². The third-order valence-corrected chi connectivity index (χ3v) is 7.74. The second-order valence-corrected chi connectivity index (χ2v) is 9.92. The van der Waals surface area contributed by atoms with Gasteiger partial charge in [0, 0.05) is 0 Å². The van der Waals surface area contributed by atoms with Crippen LogP contribution >= 0.6 is 0 Å². The van der Waals surface area contributed by atoms with Gasteiger partial charge in [0.2, 0.25) is 5.91 Å². The molecule has 1 aliphatic carbocycles. The van der Waals surface area contributed by atoms with Gasteiger partial charge in [-0.15, -0.1) is 0 Å². The van der Waals surface area contributed by atoms with Gasteiger partial charge in [-0.05, 0) is 66.6 Å². The van der Waals surface area contributed by atoms with Crippen LogP contribution in [-0.2, 0) is 27.7 Å². The Kier molecular flexibility index (Phi) is 6.61. The summed E-state index contributed by atoms with van der Waals surface area (Å²) in [6.45, 7) is 1.77. The molecule has 32 heavy (non-hydrogen) atoms. The highest BCUT2D eigenvalue weighted by atomic mass is 32.2. The second-order valence-electron chi connectivity index (χ2n) is 8.06. The first-order chi connectivity index (χ1) is 15.5. The third kappa shape index (κ3) is 4.70. The number of amides is 1. The first-order valence-corrected chi connectivity index (χ1v) is 12.5. The Morgan fingerprint density at radius 2 is 1.66 bits per heavy atom. The molecule has 0 radical (unpaired) electrons. The highest BCUT2D eigenvalue weighted by molar-refractivity contribution is 7.92. The van der Waals surface area contributed by atoms with Crippen molar-refractivity contribution in [2.24, 2.45) is 0 Å². The van der Waals surface area contributed by atoms with E-state index in [0.29, 0.717) is 5.69 Å². The number of hydrogen-bond acceptors (Lipinski definition) is 3. The Labute approximate surface area is 190 Å². The number of rotatable bonds is 7. The van der Waals surface area contributed by atoms with Gasteiger partial charge < -0.3 is 5.32 Å². The summed E-state index contributed by atoms with van der Waals surface area (Å²) in [6, 6.07) is 23.6. The molecule has 166 valence electrons. The Hall–Kier alpha value is -3.12. The topological polar surface area (TPSA) is 66.5 Å². The number of benzene rings is 3. The van der Waals surface area contributed by atoms with E-state index in [1.54, 1.807) is 42.5 Å². The number of hydrogen-bond donors (Lipinski definition) is 1. The summed E-state index contributed by atoms with van der Waals surface area (Å²) in [6.07, 6.45) is 3.69. The van der Waals surface area contributed by atoms with E-state index >= 15 is 0 Å². The van der Waals surface area contributed by atoms with E-state index in [9.17, 15) is 13.2 Å². The molecule has 1 aliphatic rings. The summed E-state index contributed by atoms with van der Waals surface area (Å²) in [7, 11) is -3.90. The molecule has 3 aromatic carbocycles. The molecule has 4 rings (SSSR count). The van der Waals surface area contributed by atoms with Crippen LogP contribution in [0.4, 0.5) is 5.69 Å². The van der Waals surface area contributed by atoms with Crippen LogP contribution in [0.3, 0.4) is 0 Å². The van der Waals surface area contributed by atoms with Gasteiger partial charge in [-0.25, -0.2) is 8.42 Å². The minimum absolute atomic E-state index is 0.101. The normalized spacial score (nSPS) is 15.6. The van der Waals surface area contributed by atoms with Crippen molar-refractivity contribution >= 4 is 21.6 Å². The molecule has 0 aliphatic heterocycles. The number of carbonyl (C=O) groups is 1. The summed E-state index contributed by atoms with van der Waals surface area (Å²) in [5.74, 6) is -0.314. The maximum absolute atomic E-state index is 13.5. The van der Waals surface area contributed by atoms with E-state index in [1.165, 1.54) is 9.87 Å². The molecule has 0 heterocycles. The molecule has 0 fully saturated rings. The molecule has 0 aromatic heterocycles. The summed E-state index contributed by atoms with van der Waals surface area (Å²) >= 11 is 0. The van der Waals surface area contributed by atoms with Crippen molar-refractivity contribution in [2.75, 3.05) is 10.8 Å². The summed E-state index contributed by atoms with van der Waals surface area (Å²) in [5.41, 5.74) is 3.95. The number of anilines is 1. The Morgan fingerprint density at radius 1 is 0.969 bits per heavy atom. The average Bonchev–Trinajstić information content (AvgIpc) is 2.83. The first kappa shape index (κ1) is 22.1. The lowest BCUT2D eigenvalue weighted by atomic mass is 9.88. The van der Waals surface area contributed by atoms with Crippen molar-refractivity contribution < 1.29 is 13.2 Å². The van der Waals surface area contributed by atoms with Crippen LogP contribution in [0.1, 0.15) is 42.5 Å². The quantitative estimate of drug-likeness (QED) is 0.573. The molecule has 5 nitrogen and oxygen atoms in total. The highest BCUT2D eigenvalue weighted by Gasteiger charge is 2.29. The molecule has 3 aromatic rings. The highest BCUT2D eigenvalue weighted by Crippen LogP contribution is 2.30. The zero-order valence-corrected chi connectivity index (χ0v) is 19.0. The van der Waals surface area contributed by atoms with Gasteiger partial charge in [0.1, 0.15) is 6.54 Å². The Morgan fingerprint density at radius 3 is 2.38 bits per heavy atom. The predicted molar refractivity (Wildman–Crippen MR) is 127 cm³/mol. The number of sulfonamides is 1. The fourth-order valence-corrected chi connectivity index (χ4v) is 5.65. The Bertz CT molecular complexity index is 1180. The van der Waals surface area contributed by atoms with Crippen molar-refractivity contribution in [1.29, 1.82) is 0 Å². The number of nitrogens with one attached hydrogen (secondary N) is 1. The molecule has 0 saturated carbocycles. The van der Waals surface area contributed by atoms with E-state index in [2.05, 4.69) is 11.4 Å². The number of aryl methyl sites for hydroxylation is 2. The van der Waals surface area contributed by atoms with Crippen LogP contribution in [-0.4, -0.2) is 20.9 Å². The fraction of sp³-hybridized carbons (Fsp3) is 0.269. The van der Waals surface area contributed by atoms with Gasteiger partial charge in [-0.3, -0.25) is 9.10 Å². The van der Waals surface area contributed by atoms with Crippen molar-refractivity contribution in [3.63, 3.8) is 0 Å². The molecule has 0 bridgehead atoms. The van der Waals surface area contributed by atoms with E-state index in [0.717, 1.165) is 36.8 Å². The molecule has 0 spiro atoms. The number of carbonyl (C=O) groups excluding carboxylic acids is 1. The van der Waals surface area contributed by atoms with E-state index in [-0.39, 0.29) is 23.4 Å². The lowest BCUT2D eigenvalue weighted by Crippen LogP contribution is -2.42. The van der Waals surface area contributed by atoms with Crippen LogP contribution in [0, 0.1) is 0 Å². The van der Waals surface area contributed by atoms with Gasteiger partial charge >= 0.3 is 0 Å². The number of fused-ring (bicyclic) bond motifs is 1. The molecule has 0 saturated heterocycles. The zero-order valence-electron chi connectivity index (χ0n) is 18.2. The summed E-state index contributed by atoms with van der Waals surface area (Å²) < 4.78 is 28.1. The van der Waals surface area contributed by atoms with E-state index in [1.807, 2.05) is 37.3 Å². The molecule has 1 amide bonds. The molecule has 0 unspecified atom stereocenters. The summed E-state index contributed by atoms with van der Waals surface area (Å²) in [5, 5.41) is 3.08. The van der Waals surface area contributed by atoms with Crippen molar-refractivity contribution in [3.8, 4) is 0 Å². The lowest BCUT2D eigenvalue weighted by molar-refractivity contribution is -0.120. The van der Waals surface area contributed by atoms with Crippen LogP contribution in [0.15, 0.2) is 83.8 Å². The lowest BCUT2D eigenvalue weighted by Gasteiger charge is -2.29. The van der Waals surface area contributed by atoms with Gasteiger partial charge in [0.15, 0.2) is 0 Å². The largest absolute Gasteiger partial charge is 0.348 e. The third-order valence-electron chi connectivity index (χ3n) is 5.96. The second kappa shape index (κ2) is 9.57. The van der Waals surface area contributed by atoms with Crippen molar-refractivity contribution in [3.05, 3.63) is 95.6 Å². The fourth-order valence-electron chi connectivity index (χ4n) is 4.21. The van der Waals surface area contributed by atoms with Crippen LogP contribution in [0.25, 0.3) is 0 Å². The molecule has 6 heteroatoms.